The van der Waals surface area contributed by atoms with Crippen LogP contribution in [0, 0.1) is 0 Å². The number of nitrogens with one attached hydrogen (secondary N) is 4. The molecule has 4 unspecified atom stereocenters. The second-order valence-corrected chi connectivity index (χ2v) is 9.30. The highest BCUT2D eigenvalue weighted by molar-refractivity contribution is 5.95. The molecule has 0 aliphatic heterocycles. The lowest BCUT2D eigenvalue weighted by atomic mass is 10.0. The van der Waals surface area contributed by atoms with Crippen LogP contribution in [0.15, 0.2) is 30.5 Å². The third kappa shape index (κ3) is 10.2. The maximum absolute atomic E-state index is 13.4. The zero-order chi connectivity index (χ0) is 30.7. The van der Waals surface area contributed by atoms with Crippen LogP contribution in [0.3, 0.4) is 0 Å². The number of rotatable bonds is 17. The number of hydrogen-bond acceptors (Lipinski definition) is 8. The third-order valence-corrected chi connectivity index (χ3v) is 6.07. The molecular formula is C25H33N7O9. The summed E-state index contributed by atoms with van der Waals surface area (Å²) in [6.07, 6.45) is -0.505. The highest BCUT2D eigenvalue weighted by Crippen LogP contribution is 2.19. The molecular weight excluding hydrogens is 542 g/mol. The van der Waals surface area contributed by atoms with E-state index < -0.39 is 84.9 Å². The number of amides is 5. The molecule has 0 spiro atoms. The van der Waals surface area contributed by atoms with Gasteiger partial charge in [0.15, 0.2) is 0 Å². The van der Waals surface area contributed by atoms with Crippen molar-refractivity contribution in [3.63, 3.8) is 0 Å². The van der Waals surface area contributed by atoms with Crippen molar-refractivity contribution < 1.29 is 43.8 Å². The van der Waals surface area contributed by atoms with E-state index in [1.807, 2.05) is 0 Å². The summed E-state index contributed by atoms with van der Waals surface area (Å²) in [5.41, 5.74) is 17.4. The Hall–Kier alpha value is -4.99. The molecule has 16 nitrogen and oxygen atoms in total. The van der Waals surface area contributed by atoms with E-state index in [-0.39, 0.29) is 19.3 Å². The number of aromatic nitrogens is 1. The van der Waals surface area contributed by atoms with Gasteiger partial charge in [-0.25, -0.2) is 4.79 Å². The van der Waals surface area contributed by atoms with Crippen molar-refractivity contribution in [2.75, 3.05) is 0 Å². The molecule has 0 bridgehead atoms. The summed E-state index contributed by atoms with van der Waals surface area (Å²) < 4.78 is 0. The second-order valence-electron chi connectivity index (χ2n) is 9.30. The van der Waals surface area contributed by atoms with E-state index in [9.17, 15) is 38.7 Å². The number of carbonyl (C=O) groups is 7. The largest absolute Gasteiger partial charge is 0.481 e. The summed E-state index contributed by atoms with van der Waals surface area (Å²) >= 11 is 0. The van der Waals surface area contributed by atoms with Gasteiger partial charge < -0.3 is 48.3 Å². The van der Waals surface area contributed by atoms with Gasteiger partial charge in [0.2, 0.25) is 29.5 Å². The molecule has 2 rings (SSSR count). The maximum Gasteiger partial charge on any atom is 0.326 e. The molecule has 12 N–H and O–H groups in total. The first-order valence-corrected chi connectivity index (χ1v) is 12.5. The zero-order valence-corrected chi connectivity index (χ0v) is 21.9. The molecule has 1 heterocycles. The fourth-order valence-corrected chi connectivity index (χ4v) is 3.92. The first kappa shape index (κ1) is 32.2. The van der Waals surface area contributed by atoms with Crippen molar-refractivity contribution in [1.29, 1.82) is 0 Å². The number of carboxylic acids is 2. The number of carbonyl (C=O) groups excluding carboxylic acids is 5. The number of benzene rings is 1. The Bertz CT molecular complexity index is 1310. The third-order valence-electron chi connectivity index (χ3n) is 6.07. The van der Waals surface area contributed by atoms with Crippen molar-refractivity contribution >= 4 is 52.4 Å². The molecule has 1 aromatic heterocycles. The van der Waals surface area contributed by atoms with Gasteiger partial charge in [0.25, 0.3) is 0 Å². The Morgan fingerprint density at radius 2 is 1.39 bits per heavy atom. The lowest BCUT2D eigenvalue weighted by Crippen LogP contribution is -2.58. The van der Waals surface area contributed by atoms with Crippen LogP contribution < -0.4 is 33.2 Å². The molecule has 4 atom stereocenters. The maximum atomic E-state index is 13.4. The highest BCUT2D eigenvalue weighted by Gasteiger charge is 2.31. The molecule has 0 fully saturated rings. The summed E-state index contributed by atoms with van der Waals surface area (Å²) in [7, 11) is 0. The van der Waals surface area contributed by atoms with E-state index in [2.05, 4.69) is 20.9 Å². The molecule has 0 aliphatic rings. The van der Waals surface area contributed by atoms with Crippen LogP contribution in [0.25, 0.3) is 10.9 Å². The molecule has 0 radical (unpaired) electrons. The van der Waals surface area contributed by atoms with E-state index in [4.69, 9.17) is 22.3 Å². The average molecular weight is 576 g/mol. The molecule has 0 saturated heterocycles. The Kier molecular flexibility index (Phi) is 11.8. The normalized spacial score (nSPS) is 13.8. The number of carboxylic acid groups (broad SMARTS) is 2. The average Bonchev–Trinajstić information content (AvgIpc) is 3.30. The Morgan fingerprint density at radius 3 is 2.00 bits per heavy atom. The smallest absolute Gasteiger partial charge is 0.326 e. The monoisotopic (exact) mass is 575 g/mol. The number of nitrogens with two attached hydrogens (primary N) is 3. The Morgan fingerprint density at radius 1 is 0.780 bits per heavy atom. The number of primary amides is 2. The number of aliphatic carboxylic acids is 2. The zero-order valence-electron chi connectivity index (χ0n) is 21.9. The first-order chi connectivity index (χ1) is 19.3. The van der Waals surface area contributed by atoms with Gasteiger partial charge in [-0.15, -0.1) is 0 Å². The predicted octanol–water partition coefficient (Wildman–Crippen LogP) is -2.42. The second kappa shape index (κ2) is 15.0. The van der Waals surface area contributed by atoms with Crippen LogP contribution in [0.2, 0.25) is 0 Å². The first-order valence-electron chi connectivity index (χ1n) is 12.5. The summed E-state index contributed by atoms with van der Waals surface area (Å²) in [6, 6.07) is 1.33. The molecule has 16 heteroatoms. The number of fused-ring (bicyclic) bond motifs is 1. The Balaban J connectivity index is 2.32. The van der Waals surface area contributed by atoms with Crippen molar-refractivity contribution in [2.45, 2.75) is 62.7 Å². The van der Waals surface area contributed by atoms with Gasteiger partial charge in [-0.2, -0.15) is 0 Å². The topological polar surface area (TPSA) is 290 Å². The fraction of sp³-hybridized carbons (Fsp3) is 0.400. The number of H-pyrrole nitrogens is 1. The lowest BCUT2D eigenvalue weighted by molar-refractivity contribution is -0.144. The van der Waals surface area contributed by atoms with E-state index in [1.165, 1.54) is 0 Å². The van der Waals surface area contributed by atoms with Gasteiger partial charge in [0, 0.05) is 36.4 Å². The minimum absolute atomic E-state index is 0.0865. The quantitative estimate of drug-likeness (QED) is 0.0961. The van der Waals surface area contributed by atoms with Gasteiger partial charge in [0.05, 0.1) is 12.5 Å². The summed E-state index contributed by atoms with van der Waals surface area (Å²) in [5, 5.41) is 26.1. The van der Waals surface area contributed by atoms with Crippen LogP contribution in [0.1, 0.15) is 37.7 Å². The van der Waals surface area contributed by atoms with Gasteiger partial charge in [-0.3, -0.25) is 28.8 Å². The fourth-order valence-electron chi connectivity index (χ4n) is 3.92. The summed E-state index contributed by atoms with van der Waals surface area (Å²) in [6.45, 7) is 0. The van der Waals surface area contributed by atoms with E-state index in [1.54, 1.807) is 30.5 Å². The van der Waals surface area contributed by atoms with Gasteiger partial charge in [0.1, 0.15) is 18.1 Å². The minimum atomic E-state index is -1.73. The molecule has 41 heavy (non-hydrogen) atoms. The van der Waals surface area contributed by atoms with Crippen molar-refractivity contribution in [3.8, 4) is 0 Å². The highest BCUT2D eigenvalue weighted by atomic mass is 16.4. The van der Waals surface area contributed by atoms with Gasteiger partial charge >= 0.3 is 11.9 Å². The Labute approximate surface area is 233 Å². The number of aromatic amines is 1. The lowest BCUT2D eigenvalue weighted by Gasteiger charge is -2.25. The molecule has 5 amide bonds. The van der Waals surface area contributed by atoms with E-state index in [0.717, 1.165) is 10.9 Å². The number of para-hydroxylation sites is 1. The molecule has 0 saturated carbocycles. The van der Waals surface area contributed by atoms with Crippen LogP contribution in [0.5, 0.6) is 0 Å². The van der Waals surface area contributed by atoms with Crippen molar-refractivity contribution in [3.05, 3.63) is 36.0 Å². The van der Waals surface area contributed by atoms with Crippen LogP contribution in [-0.2, 0) is 40.0 Å². The summed E-state index contributed by atoms with van der Waals surface area (Å²) in [5.74, 6) is -7.34. The molecule has 2 aromatic rings. The van der Waals surface area contributed by atoms with Crippen LogP contribution in [0.4, 0.5) is 0 Å². The standard InChI is InChI=1S/C25H33N7O9/c26-14(5-7-19(27)33)22(37)31-17(9-12-11-29-15-4-2-1-3-13(12)15)24(39)30-16(6-8-21(35)36)23(38)32-18(25(40)41)10-20(28)34/h1-4,11,14,16-18,29H,5-10,26H2,(H2,27,33)(H2,28,34)(H,30,39)(H,31,37)(H,32,38)(H,35,36)(H,40,41). The van der Waals surface area contributed by atoms with Gasteiger partial charge in [-0.1, -0.05) is 18.2 Å². The van der Waals surface area contributed by atoms with Crippen LogP contribution >= 0.6 is 0 Å². The van der Waals surface area contributed by atoms with E-state index in [0.29, 0.717) is 5.56 Å². The SMILES string of the molecule is NC(=O)CCC(N)C(=O)NC(Cc1c[nH]c2ccccc12)C(=O)NC(CCC(=O)O)C(=O)NC(CC(N)=O)C(=O)O. The number of hydrogen-bond donors (Lipinski definition) is 9. The summed E-state index contributed by atoms with van der Waals surface area (Å²) in [4.78, 5) is 87.1. The van der Waals surface area contributed by atoms with Gasteiger partial charge in [-0.05, 0) is 24.5 Å². The van der Waals surface area contributed by atoms with Crippen molar-refractivity contribution in [2.24, 2.45) is 17.2 Å². The van der Waals surface area contributed by atoms with Crippen molar-refractivity contribution in [1.82, 2.24) is 20.9 Å². The molecule has 1 aromatic carbocycles. The van der Waals surface area contributed by atoms with Crippen LogP contribution in [-0.4, -0.2) is 80.8 Å². The molecule has 222 valence electrons. The van der Waals surface area contributed by atoms with E-state index >= 15 is 0 Å². The molecule has 0 aliphatic carbocycles. The predicted molar refractivity (Wildman–Crippen MR) is 143 cm³/mol. The minimum Gasteiger partial charge on any atom is -0.481 e.